The lowest BCUT2D eigenvalue weighted by Crippen LogP contribution is -2.41. The predicted molar refractivity (Wildman–Crippen MR) is 101 cm³/mol. The van der Waals surface area contributed by atoms with Crippen molar-refractivity contribution >= 4 is 17.5 Å². The number of likely N-dealkylation sites (tertiary alicyclic amines) is 1. The number of nitrogens with zero attached hydrogens (tertiary/aromatic N) is 2. The number of benzene rings is 2. The molecule has 3 nitrogen and oxygen atoms in total. The van der Waals surface area contributed by atoms with Gasteiger partial charge in [-0.3, -0.25) is 9.69 Å². The van der Waals surface area contributed by atoms with E-state index < -0.39 is 0 Å². The first-order chi connectivity index (χ1) is 12.2. The van der Waals surface area contributed by atoms with Crippen LogP contribution in [0.1, 0.15) is 23.1 Å². The average molecular weight is 355 g/mol. The highest BCUT2D eigenvalue weighted by atomic mass is 35.5. The molecule has 0 saturated carbocycles. The lowest BCUT2D eigenvalue weighted by Gasteiger charge is -2.33. The third-order valence-electron chi connectivity index (χ3n) is 5.49. The SMILES string of the molecule is O=C(Cc1ccccc1Cl)N1CC[C@@H](N2CCc3ccccc3C2)C1. The minimum atomic E-state index is 0.188. The van der Waals surface area contributed by atoms with Gasteiger partial charge in [-0.1, -0.05) is 54.1 Å². The smallest absolute Gasteiger partial charge is 0.227 e. The molecule has 1 atom stereocenters. The second-order valence-corrected chi connectivity index (χ2v) is 7.45. The molecule has 1 amide bonds. The molecule has 2 aliphatic rings. The van der Waals surface area contributed by atoms with Crippen molar-refractivity contribution in [1.82, 2.24) is 9.80 Å². The maximum Gasteiger partial charge on any atom is 0.227 e. The number of hydrogen-bond donors (Lipinski definition) is 0. The first kappa shape index (κ1) is 16.6. The van der Waals surface area contributed by atoms with Crippen LogP contribution in [0.3, 0.4) is 0 Å². The summed E-state index contributed by atoms with van der Waals surface area (Å²) >= 11 is 6.19. The predicted octanol–water partition coefficient (Wildman–Crippen LogP) is 3.54. The van der Waals surface area contributed by atoms with Gasteiger partial charge in [0, 0.05) is 37.2 Å². The van der Waals surface area contributed by atoms with Crippen LogP contribution < -0.4 is 0 Å². The number of carbonyl (C=O) groups excluding carboxylic acids is 1. The maximum absolute atomic E-state index is 12.6. The van der Waals surface area contributed by atoms with Gasteiger partial charge in [0.1, 0.15) is 0 Å². The molecule has 130 valence electrons. The summed E-state index contributed by atoms with van der Waals surface area (Å²) in [6.45, 7) is 3.79. The molecule has 0 radical (unpaired) electrons. The number of halogens is 1. The maximum atomic E-state index is 12.6. The van der Waals surface area contributed by atoms with Gasteiger partial charge in [-0.15, -0.1) is 0 Å². The number of hydrogen-bond acceptors (Lipinski definition) is 2. The molecule has 2 aromatic rings. The minimum Gasteiger partial charge on any atom is -0.341 e. The van der Waals surface area contributed by atoms with Gasteiger partial charge in [0.05, 0.1) is 6.42 Å². The third-order valence-corrected chi connectivity index (χ3v) is 5.86. The van der Waals surface area contributed by atoms with Crippen LogP contribution in [0, 0.1) is 0 Å². The standard InChI is InChI=1S/C21H23ClN2O/c22-20-8-4-3-6-17(20)13-21(25)24-12-10-19(15-24)23-11-9-16-5-1-2-7-18(16)14-23/h1-8,19H,9-15H2/t19-/m1/s1. The van der Waals surface area contributed by atoms with Crippen LogP contribution in [0.5, 0.6) is 0 Å². The number of carbonyl (C=O) groups is 1. The summed E-state index contributed by atoms with van der Waals surface area (Å²) in [5, 5.41) is 0.680. The van der Waals surface area contributed by atoms with Crippen LogP contribution in [0.4, 0.5) is 0 Å². The highest BCUT2D eigenvalue weighted by Crippen LogP contribution is 2.25. The Balaban J connectivity index is 1.37. The number of fused-ring (bicyclic) bond motifs is 1. The Morgan fingerprint density at radius 2 is 1.80 bits per heavy atom. The number of rotatable bonds is 3. The first-order valence-corrected chi connectivity index (χ1v) is 9.40. The van der Waals surface area contributed by atoms with E-state index in [2.05, 4.69) is 29.2 Å². The van der Waals surface area contributed by atoms with Crippen molar-refractivity contribution in [1.29, 1.82) is 0 Å². The topological polar surface area (TPSA) is 23.6 Å². The summed E-state index contributed by atoms with van der Waals surface area (Å²) in [7, 11) is 0. The van der Waals surface area contributed by atoms with Crippen LogP contribution in [0.15, 0.2) is 48.5 Å². The van der Waals surface area contributed by atoms with E-state index in [0.717, 1.165) is 44.6 Å². The molecule has 4 heteroatoms. The van der Waals surface area contributed by atoms with E-state index in [-0.39, 0.29) is 5.91 Å². The molecule has 0 spiro atoms. The van der Waals surface area contributed by atoms with Gasteiger partial charge in [0.25, 0.3) is 0 Å². The van der Waals surface area contributed by atoms with Gasteiger partial charge < -0.3 is 4.90 Å². The zero-order valence-corrected chi connectivity index (χ0v) is 15.1. The van der Waals surface area contributed by atoms with Gasteiger partial charge in [0.15, 0.2) is 0 Å². The molecule has 2 aromatic carbocycles. The molecule has 1 saturated heterocycles. The molecule has 25 heavy (non-hydrogen) atoms. The second kappa shape index (κ2) is 7.19. The molecule has 0 unspecified atom stereocenters. The third kappa shape index (κ3) is 3.58. The molecular weight excluding hydrogens is 332 g/mol. The molecular formula is C21H23ClN2O. The Morgan fingerprint density at radius 3 is 2.64 bits per heavy atom. The van der Waals surface area contributed by atoms with Crippen molar-refractivity contribution in [2.45, 2.75) is 31.8 Å². The van der Waals surface area contributed by atoms with Crippen molar-refractivity contribution in [3.63, 3.8) is 0 Å². The van der Waals surface area contributed by atoms with Crippen LogP contribution in [0.25, 0.3) is 0 Å². The van der Waals surface area contributed by atoms with Gasteiger partial charge in [-0.2, -0.15) is 0 Å². The fourth-order valence-corrected chi connectivity index (χ4v) is 4.21. The van der Waals surface area contributed by atoms with E-state index in [9.17, 15) is 4.79 Å². The monoisotopic (exact) mass is 354 g/mol. The van der Waals surface area contributed by atoms with Crippen molar-refractivity contribution < 1.29 is 4.79 Å². The van der Waals surface area contributed by atoms with Crippen LogP contribution in [-0.2, 0) is 24.2 Å². The summed E-state index contributed by atoms with van der Waals surface area (Å²) in [6, 6.07) is 16.8. The average Bonchev–Trinajstić information content (AvgIpc) is 3.13. The van der Waals surface area contributed by atoms with E-state index in [1.165, 1.54) is 11.1 Å². The van der Waals surface area contributed by atoms with Crippen LogP contribution in [0.2, 0.25) is 5.02 Å². The summed E-state index contributed by atoms with van der Waals surface area (Å²) < 4.78 is 0. The summed E-state index contributed by atoms with van der Waals surface area (Å²) in [5.41, 5.74) is 3.84. The quantitative estimate of drug-likeness (QED) is 0.841. The molecule has 4 rings (SSSR count). The molecule has 0 aliphatic carbocycles. The highest BCUT2D eigenvalue weighted by Gasteiger charge is 2.31. The van der Waals surface area contributed by atoms with Crippen LogP contribution in [-0.4, -0.2) is 41.4 Å². The van der Waals surface area contributed by atoms with E-state index in [4.69, 9.17) is 11.6 Å². The molecule has 0 bridgehead atoms. The van der Waals surface area contributed by atoms with E-state index in [0.29, 0.717) is 17.5 Å². The van der Waals surface area contributed by atoms with Crippen molar-refractivity contribution in [3.05, 3.63) is 70.2 Å². The van der Waals surface area contributed by atoms with E-state index >= 15 is 0 Å². The zero-order valence-electron chi connectivity index (χ0n) is 14.3. The second-order valence-electron chi connectivity index (χ2n) is 7.04. The number of amides is 1. The largest absolute Gasteiger partial charge is 0.341 e. The van der Waals surface area contributed by atoms with E-state index in [1.807, 2.05) is 29.2 Å². The Hall–Kier alpha value is -1.84. The Morgan fingerprint density at radius 1 is 1.04 bits per heavy atom. The van der Waals surface area contributed by atoms with Crippen LogP contribution >= 0.6 is 11.6 Å². The fourth-order valence-electron chi connectivity index (χ4n) is 4.01. The normalized spacial score (nSPS) is 20.5. The molecule has 0 aromatic heterocycles. The summed E-state index contributed by atoms with van der Waals surface area (Å²) in [5.74, 6) is 0.188. The lowest BCUT2D eigenvalue weighted by atomic mass is 9.98. The first-order valence-electron chi connectivity index (χ1n) is 9.03. The molecule has 1 fully saturated rings. The van der Waals surface area contributed by atoms with Crippen molar-refractivity contribution in [3.8, 4) is 0 Å². The molecule has 0 N–H and O–H groups in total. The van der Waals surface area contributed by atoms with E-state index in [1.54, 1.807) is 0 Å². The highest BCUT2D eigenvalue weighted by molar-refractivity contribution is 6.31. The summed E-state index contributed by atoms with van der Waals surface area (Å²) in [6.07, 6.45) is 2.58. The van der Waals surface area contributed by atoms with Gasteiger partial charge in [-0.25, -0.2) is 0 Å². The zero-order chi connectivity index (χ0) is 17.2. The Labute approximate surface area is 154 Å². The minimum absolute atomic E-state index is 0.188. The van der Waals surface area contributed by atoms with Crippen molar-refractivity contribution in [2.75, 3.05) is 19.6 Å². The lowest BCUT2D eigenvalue weighted by molar-refractivity contribution is -0.129. The van der Waals surface area contributed by atoms with Gasteiger partial charge in [-0.05, 0) is 35.6 Å². The Bertz CT molecular complexity index is 776. The van der Waals surface area contributed by atoms with Gasteiger partial charge >= 0.3 is 0 Å². The Kier molecular flexibility index (Phi) is 4.78. The summed E-state index contributed by atoms with van der Waals surface area (Å²) in [4.78, 5) is 17.2. The molecule has 2 heterocycles. The van der Waals surface area contributed by atoms with Gasteiger partial charge in [0.2, 0.25) is 5.91 Å². The molecule has 2 aliphatic heterocycles. The fraction of sp³-hybridized carbons (Fsp3) is 0.381. The van der Waals surface area contributed by atoms with Crippen molar-refractivity contribution in [2.24, 2.45) is 0 Å².